The summed E-state index contributed by atoms with van der Waals surface area (Å²) in [5.74, 6) is 0.573. The van der Waals surface area contributed by atoms with E-state index < -0.39 is 0 Å². The summed E-state index contributed by atoms with van der Waals surface area (Å²) in [4.78, 5) is 20.9. The minimum atomic E-state index is -0.0208. The number of fused-ring (bicyclic) bond motifs is 1. The molecule has 0 atom stereocenters. The van der Waals surface area contributed by atoms with E-state index in [1.165, 1.54) is 0 Å². The zero-order valence-corrected chi connectivity index (χ0v) is 9.29. The van der Waals surface area contributed by atoms with Crippen molar-refractivity contribution in [3.8, 4) is 0 Å². The molecule has 0 amide bonds. The van der Waals surface area contributed by atoms with Gasteiger partial charge in [0.15, 0.2) is 0 Å². The number of nitrogens with zero attached hydrogens (tertiary/aromatic N) is 2. The molecule has 82 valence electrons. The molecule has 15 heavy (non-hydrogen) atoms. The van der Waals surface area contributed by atoms with Gasteiger partial charge < -0.3 is 5.32 Å². The molecule has 0 spiro atoms. The second-order valence-corrected chi connectivity index (χ2v) is 4.31. The molecule has 0 aromatic carbocycles. The quantitative estimate of drug-likeness (QED) is 0.744. The van der Waals surface area contributed by atoms with Gasteiger partial charge in [0, 0.05) is 19.1 Å². The lowest BCUT2D eigenvalue weighted by Gasteiger charge is -2.09. The van der Waals surface area contributed by atoms with Crippen molar-refractivity contribution in [1.82, 2.24) is 14.9 Å². The molecule has 0 unspecified atom stereocenters. The normalized spacial score (nSPS) is 15.7. The summed E-state index contributed by atoms with van der Waals surface area (Å²) in [7, 11) is 1.98. The van der Waals surface area contributed by atoms with Crippen LogP contribution < -0.4 is 10.9 Å². The summed E-state index contributed by atoms with van der Waals surface area (Å²) in [5.41, 5.74) is 1.67. The van der Waals surface area contributed by atoms with Gasteiger partial charge in [0.25, 0.3) is 5.56 Å². The van der Waals surface area contributed by atoms with Crippen molar-refractivity contribution in [3.63, 3.8) is 0 Å². The fourth-order valence-corrected chi connectivity index (χ4v) is 1.76. The van der Waals surface area contributed by atoms with Gasteiger partial charge in [-0.25, -0.2) is 4.98 Å². The first kappa shape index (κ1) is 10.2. The number of aromatic amines is 1. The van der Waals surface area contributed by atoms with Crippen LogP contribution in [0.3, 0.4) is 0 Å². The van der Waals surface area contributed by atoms with Gasteiger partial charge in [-0.15, -0.1) is 0 Å². The maximum atomic E-state index is 11.7. The highest BCUT2D eigenvalue weighted by Gasteiger charge is 2.21. The molecular weight excluding hydrogens is 192 g/mol. The number of H-pyrrole nitrogens is 1. The van der Waals surface area contributed by atoms with Gasteiger partial charge in [-0.1, -0.05) is 0 Å². The van der Waals surface area contributed by atoms with E-state index in [2.05, 4.69) is 20.2 Å². The van der Waals surface area contributed by atoms with Gasteiger partial charge in [-0.2, -0.15) is 0 Å². The average Bonchev–Trinajstić information content (AvgIpc) is 2.44. The lowest BCUT2D eigenvalue weighted by molar-refractivity contribution is 0.350. The van der Waals surface area contributed by atoms with Crippen LogP contribution in [-0.2, 0) is 13.1 Å². The van der Waals surface area contributed by atoms with E-state index in [9.17, 15) is 4.79 Å². The average molecular weight is 208 g/mol. The van der Waals surface area contributed by atoms with Crippen LogP contribution >= 0.6 is 0 Å². The first-order valence-electron chi connectivity index (χ1n) is 5.13. The Morgan fingerprint density at radius 2 is 2.20 bits per heavy atom. The van der Waals surface area contributed by atoms with Crippen LogP contribution in [-0.4, -0.2) is 28.0 Å². The molecule has 2 N–H and O–H groups in total. The third-order valence-corrected chi connectivity index (χ3v) is 2.37. The molecule has 0 bridgehead atoms. The Morgan fingerprint density at radius 3 is 2.87 bits per heavy atom. The molecule has 1 aliphatic rings. The van der Waals surface area contributed by atoms with Crippen LogP contribution in [0.4, 0.5) is 5.95 Å². The zero-order valence-electron chi connectivity index (χ0n) is 9.29. The fourth-order valence-electron chi connectivity index (χ4n) is 1.76. The summed E-state index contributed by atoms with van der Waals surface area (Å²) < 4.78 is 0. The molecular formula is C10H16N4O. The molecule has 5 nitrogen and oxygen atoms in total. The second-order valence-electron chi connectivity index (χ2n) is 4.31. The van der Waals surface area contributed by atoms with E-state index in [1.807, 2.05) is 20.9 Å². The van der Waals surface area contributed by atoms with Crippen LogP contribution in [0.15, 0.2) is 4.79 Å². The van der Waals surface area contributed by atoms with Crippen LogP contribution in [0, 0.1) is 0 Å². The van der Waals surface area contributed by atoms with E-state index in [0.29, 0.717) is 12.5 Å². The largest absolute Gasteiger partial charge is 0.354 e. The summed E-state index contributed by atoms with van der Waals surface area (Å²) in [6.45, 7) is 5.48. The Hall–Kier alpha value is -1.36. The minimum Gasteiger partial charge on any atom is -0.354 e. The Kier molecular flexibility index (Phi) is 2.48. The predicted molar refractivity (Wildman–Crippen MR) is 58.8 cm³/mol. The predicted octanol–water partition coefficient (Wildman–Crippen LogP) is 0.536. The van der Waals surface area contributed by atoms with Crippen molar-refractivity contribution < 1.29 is 0 Å². The lowest BCUT2D eigenvalue weighted by Crippen LogP contribution is -2.20. The highest BCUT2D eigenvalue weighted by molar-refractivity contribution is 5.32. The molecule has 1 aliphatic heterocycles. The SMILES string of the molecule is CC(C)Nc1nc2c(c(=O)[nH]1)CN(C)C2. The van der Waals surface area contributed by atoms with Gasteiger partial charge in [0.05, 0.1) is 11.3 Å². The zero-order chi connectivity index (χ0) is 11.0. The van der Waals surface area contributed by atoms with Crippen molar-refractivity contribution in [2.45, 2.75) is 33.0 Å². The molecule has 0 saturated heterocycles. The van der Waals surface area contributed by atoms with E-state index in [4.69, 9.17) is 0 Å². The standard InChI is InChI=1S/C10H16N4O/c1-6(2)11-10-12-8-5-14(3)4-7(8)9(15)13-10/h6H,4-5H2,1-3H3,(H2,11,12,13,15). The van der Waals surface area contributed by atoms with Crippen molar-refractivity contribution in [2.24, 2.45) is 0 Å². The Bertz CT molecular complexity index is 424. The molecule has 1 aromatic rings. The van der Waals surface area contributed by atoms with Crippen molar-refractivity contribution >= 4 is 5.95 Å². The Balaban J connectivity index is 2.36. The maximum Gasteiger partial charge on any atom is 0.257 e. The molecule has 0 fully saturated rings. The van der Waals surface area contributed by atoms with Gasteiger partial charge in [-0.3, -0.25) is 14.7 Å². The van der Waals surface area contributed by atoms with Gasteiger partial charge in [-0.05, 0) is 20.9 Å². The summed E-state index contributed by atoms with van der Waals surface area (Å²) in [6, 6.07) is 0.269. The maximum absolute atomic E-state index is 11.7. The first-order chi connectivity index (χ1) is 7.06. The highest BCUT2D eigenvalue weighted by Crippen LogP contribution is 2.16. The van der Waals surface area contributed by atoms with Crippen molar-refractivity contribution in [3.05, 3.63) is 21.6 Å². The minimum absolute atomic E-state index is 0.0208. The second kappa shape index (κ2) is 3.66. The first-order valence-corrected chi connectivity index (χ1v) is 5.13. The van der Waals surface area contributed by atoms with Crippen LogP contribution in [0.25, 0.3) is 0 Å². The monoisotopic (exact) mass is 208 g/mol. The third kappa shape index (κ3) is 2.02. The van der Waals surface area contributed by atoms with Crippen LogP contribution in [0.1, 0.15) is 25.1 Å². The third-order valence-electron chi connectivity index (χ3n) is 2.37. The number of nitrogens with one attached hydrogen (secondary N) is 2. The topological polar surface area (TPSA) is 61.0 Å². The Morgan fingerprint density at radius 1 is 1.47 bits per heavy atom. The van der Waals surface area contributed by atoms with Crippen LogP contribution in [0.2, 0.25) is 0 Å². The fraction of sp³-hybridized carbons (Fsp3) is 0.600. The van der Waals surface area contributed by atoms with Crippen molar-refractivity contribution in [1.29, 1.82) is 0 Å². The van der Waals surface area contributed by atoms with Gasteiger partial charge in [0.1, 0.15) is 0 Å². The Labute approximate surface area is 88.5 Å². The number of rotatable bonds is 2. The number of aromatic nitrogens is 2. The molecule has 0 radical (unpaired) electrons. The van der Waals surface area contributed by atoms with Crippen LogP contribution in [0.5, 0.6) is 0 Å². The summed E-state index contributed by atoms with van der Waals surface area (Å²) in [5, 5.41) is 3.10. The van der Waals surface area contributed by atoms with Crippen molar-refractivity contribution in [2.75, 3.05) is 12.4 Å². The molecule has 0 aliphatic carbocycles. The highest BCUT2D eigenvalue weighted by atomic mass is 16.1. The number of anilines is 1. The molecule has 2 heterocycles. The molecule has 5 heteroatoms. The molecule has 2 rings (SSSR count). The molecule has 0 saturated carbocycles. The van der Waals surface area contributed by atoms with E-state index in [0.717, 1.165) is 17.8 Å². The lowest BCUT2D eigenvalue weighted by atomic mass is 10.3. The van der Waals surface area contributed by atoms with Gasteiger partial charge >= 0.3 is 0 Å². The number of hydrogen-bond donors (Lipinski definition) is 2. The summed E-state index contributed by atoms with van der Waals surface area (Å²) >= 11 is 0. The van der Waals surface area contributed by atoms with E-state index in [1.54, 1.807) is 0 Å². The van der Waals surface area contributed by atoms with E-state index in [-0.39, 0.29) is 11.6 Å². The van der Waals surface area contributed by atoms with Gasteiger partial charge in [0.2, 0.25) is 5.95 Å². The van der Waals surface area contributed by atoms with E-state index >= 15 is 0 Å². The smallest absolute Gasteiger partial charge is 0.257 e. The number of hydrogen-bond acceptors (Lipinski definition) is 4. The summed E-state index contributed by atoms with van der Waals surface area (Å²) in [6.07, 6.45) is 0. The molecule has 1 aromatic heterocycles.